The van der Waals surface area contributed by atoms with E-state index in [2.05, 4.69) is 73.4 Å². The molecule has 0 bridgehead atoms. The first kappa shape index (κ1) is 27.4. The Bertz CT molecular complexity index is 578. The van der Waals surface area contributed by atoms with Gasteiger partial charge in [-0.1, -0.05) is 56.2 Å². The van der Waals surface area contributed by atoms with Gasteiger partial charge >= 0.3 is 0 Å². The zero-order valence-corrected chi connectivity index (χ0v) is 22.1. The van der Waals surface area contributed by atoms with Crippen molar-refractivity contribution in [3.63, 3.8) is 0 Å². The summed E-state index contributed by atoms with van der Waals surface area (Å²) in [7, 11) is -1.78. The largest absolute Gasteiger partial charge is 0.410 e. The fraction of sp³-hybridized carbons (Fsp3) is 0.769. The van der Waals surface area contributed by atoms with E-state index < -0.39 is 8.32 Å². The summed E-state index contributed by atoms with van der Waals surface area (Å²) in [5.74, 6) is 0. The van der Waals surface area contributed by atoms with Gasteiger partial charge in [0.25, 0.3) is 0 Å². The van der Waals surface area contributed by atoms with Gasteiger partial charge in [0, 0.05) is 6.61 Å². The van der Waals surface area contributed by atoms with Gasteiger partial charge < -0.3 is 13.9 Å². The van der Waals surface area contributed by atoms with Crippen molar-refractivity contribution in [2.45, 2.75) is 117 Å². The molecular weight excluding hydrogens is 388 g/mol. The predicted molar refractivity (Wildman–Crippen MR) is 132 cm³/mol. The predicted octanol–water partition coefficient (Wildman–Crippen LogP) is 7.95. The molecule has 0 aromatic heterocycles. The van der Waals surface area contributed by atoms with E-state index in [1.165, 1.54) is 17.6 Å². The van der Waals surface area contributed by atoms with Crippen LogP contribution < -0.4 is 0 Å². The monoisotopic (exact) mass is 436 g/mol. The summed E-state index contributed by atoms with van der Waals surface area (Å²) >= 11 is 0. The number of hydrogen-bond acceptors (Lipinski definition) is 3. The third-order valence-electron chi connectivity index (χ3n) is 6.48. The van der Waals surface area contributed by atoms with Crippen molar-refractivity contribution in [3.8, 4) is 0 Å². The summed E-state index contributed by atoms with van der Waals surface area (Å²) in [6, 6.07) is 0. The van der Waals surface area contributed by atoms with E-state index in [9.17, 15) is 0 Å². The van der Waals surface area contributed by atoms with E-state index in [0.29, 0.717) is 6.61 Å². The normalized spacial score (nSPS) is 20.3. The third-order valence-corrected chi connectivity index (χ3v) is 11.0. The zero-order valence-electron chi connectivity index (χ0n) is 21.1. The lowest BCUT2D eigenvalue weighted by atomic mass is 10.0. The summed E-state index contributed by atoms with van der Waals surface area (Å²) in [6.45, 7) is 23.8. The molecule has 1 saturated heterocycles. The van der Waals surface area contributed by atoms with Gasteiger partial charge in [0.1, 0.15) is 0 Å². The van der Waals surface area contributed by atoms with E-state index in [0.717, 1.165) is 50.7 Å². The third kappa shape index (κ3) is 10.6. The standard InChI is InChI=1S/C26H48O3Si/c1-21(2)24(29-30(8,9)26(5,6)7)17-16-22(3)13-12-14-23(4)18-20-28-25-15-10-11-19-27-25/h13,18,24-25H,1,10-12,14-17,19-20H2,2-9H3/b22-13+,23-18-. The van der Waals surface area contributed by atoms with Crippen LogP contribution in [0.4, 0.5) is 0 Å². The van der Waals surface area contributed by atoms with Crippen LogP contribution in [0.25, 0.3) is 0 Å². The maximum Gasteiger partial charge on any atom is 0.192 e. The Hall–Kier alpha value is -0.683. The fourth-order valence-corrected chi connectivity index (χ4v) is 4.57. The van der Waals surface area contributed by atoms with Gasteiger partial charge in [0.05, 0.1) is 12.7 Å². The molecule has 0 radical (unpaired) electrons. The molecule has 2 atom stereocenters. The average Bonchev–Trinajstić information content (AvgIpc) is 2.64. The topological polar surface area (TPSA) is 27.7 Å². The van der Waals surface area contributed by atoms with Crippen molar-refractivity contribution >= 4 is 8.32 Å². The average molecular weight is 437 g/mol. The first-order valence-electron chi connectivity index (χ1n) is 11.8. The van der Waals surface area contributed by atoms with Crippen LogP contribution in [0.15, 0.2) is 35.5 Å². The Morgan fingerprint density at radius 2 is 1.77 bits per heavy atom. The minimum Gasteiger partial charge on any atom is -0.410 e. The first-order valence-corrected chi connectivity index (χ1v) is 14.7. The second kappa shape index (κ2) is 13.0. The Labute approximate surface area is 188 Å². The van der Waals surface area contributed by atoms with Crippen LogP contribution in [0.3, 0.4) is 0 Å². The maximum absolute atomic E-state index is 6.63. The Morgan fingerprint density at radius 1 is 1.10 bits per heavy atom. The Balaban J connectivity index is 2.38. The van der Waals surface area contributed by atoms with Gasteiger partial charge in [-0.3, -0.25) is 0 Å². The van der Waals surface area contributed by atoms with Gasteiger partial charge in [-0.2, -0.15) is 0 Å². The summed E-state index contributed by atoms with van der Waals surface area (Å²) in [5.41, 5.74) is 3.98. The lowest BCUT2D eigenvalue weighted by molar-refractivity contribution is -0.155. The Kier molecular flexibility index (Phi) is 11.9. The molecule has 0 aromatic rings. The molecule has 0 aromatic carbocycles. The van der Waals surface area contributed by atoms with Crippen molar-refractivity contribution in [3.05, 3.63) is 35.5 Å². The highest BCUT2D eigenvalue weighted by Gasteiger charge is 2.39. The van der Waals surface area contributed by atoms with Crippen molar-refractivity contribution in [1.82, 2.24) is 0 Å². The second-order valence-electron chi connectivity index (χ2n) is 10.5. The molecule has 30 heavy (non-hydrogen) atoms. The number of allylic oxidation sites excluding steroid dienone is 3. The quantitative estimate of drug-likeness (QED) is 0.229. The summed E-state index contributed by atoms with van der Waals surface area (Å²) in [6.07, 6.45) is 12.4. The van der Waals surface area contributed by atoms with Crippen LogP contribution in [0.5, 0.6) is 0 Å². The number of hydrogen-bond donors (Lipinski definition) is 0. The molecule has 0 aliphatic carbocycles. The van der Waals surface area contributed by atoms with Crippen LogP contribution in [-0.2, 0) is 13.9 Å². The fourth-order valence-electron chi connectivity index (χ4n) is 3.19. The minimum atomic E-state index is -1.78. The molecule has 0 N–H and O–H groups in total. The van der Waals surface area contributed by atoms with E-state index in [-0.39, 0.29) is 17.4 Å². The summed E-state index contributed by atoms with van der Waals surface area (Å²) in [5, 5.41) is 0.224. The van der Waals surface area contributed by atoms with Gasteiger partial charge in [-0.15, -0.1) is 0 Å². The lowest BCUT2D eigenvalue weighted by Gasteiger charge is -2.39. The molecule has 0 spiro atoms. The van der Waals surface area contributed by atoms with Crippen molar-refractivity contribution in [2.24, 2.45) is 0 Å². The van der Waals surface area contributed by atoms with Crippen molar-refractivity contribution < 1.29 is 13.9 Å². The van der Waals surface area contributed by atoms with Crippen LogP contribution >= 0.6 is 0 Å². The summed E-state index contributed by atoms with van der Waals surface area (Å²) in [4.78, 5) is 0. The highest BCUT2D eigenvalue weighted by atomic mass is 28.4. The minimum absolute atomic E-state index is 0.000237. The van der Waals surface area contributed by atoms with Crippen molar-refractivity contribution in [2.75, 3.05) is 13.2 Å². The highest BCUT2D eigenvalue weighted by molar-refractivity contribution is 6.74. The highest BCUT2D eigenvalue weighted by Crippen LogP contribution is 2.38. The molecule has 0 amide bonds. The molecule has 4 heteroatoms. The van der Waals surface area contributed by atoms with E-state index in [4.69, 9.17) is 13.9 Å². The SMILES string of the molecule is C=C(C)C(CC/C(C)=C/CC/C(C)=C\COC1CCCCO1)O[Si](C)(C)C(C)(C)C. The van der Waals surface area contributed by atoms with Gasteiger partial charge in [0.2, 0.25) is 0 Å². The first-order chi connectivity index (χ1) is 13.9. The molecule has 2 unspecified atom stereocenters. The zero-order chi connectivity index (χ0) is 22.8. The molecule has 1 aliphatic rings. The number of ether oxygens (including phenoxy) is 2. The van der Waals surface area contributed by atoms with Crippen LogP contribution in [0.2, 0.25) is 18.1 Å². The van der Waals surface area contributed by atoms with Gasteiger partial charge in [-0.25, -0.2) is 0 Å². The summed E-state index contributed by atoms with van der Waals surface area (Å²) < 4.78 is 18.0. The molecule has 174 valence electrons. The molecule has 0 saturated carbocycles. The van der Waals surface area contributed by atoms with E-state index in [1.807, 2.05) is 0 Å². The van der Waals surface area contributed by atoms with Gasteiger partial charge in [0.15, 0.2) is 14.6 Å². The van der Waals surface area contributed by atoms with Crippen LogP contribution in [-0.4, -0.2) is 33.9 Å². The lowest BCUT2D eigenvalue weighted by Crippen LogP contribution is -2.44. The number of rotatable bonds is 12. The molecule has 3 nitrogen and oxygen atoms in total. The molecule has 1 rings (SSSR count). The molecule has 1 fully saturated rings. The molecule has 1 heterocycles. The molecule has 1 aliphatic heterocycles. The van der Waals surface area contributed by atoms with E-state index in [1.54, 1.807) is 0 Å². The van der Waals surface area contributed by atoms with E-state index >= 15 is 0 Å². The Morgan fingerprint density at radius 3 is 2.33 bits per heavy atom. The molecular formula is C26H48O3Si. The van der Waals surface area contributed by atoms with Crippen LogP contribution in [0, 0.1) is 0 Å². The van der Waals surface area contributed by atoms with Crippen molar-refractivity contribution in [1.29, 1.82) is 0 Å². The van der Waals surface area contributed by atoms with Crippen LogP contribution in [0.1, 0.15) is 86.5 Å². The smallest absolute Gasteiger partial charge is 0.192 e. The maximum atomic E-state index is 6.63. The second-order valence-corrected chi connectivity index (χ2v) is 15.3. The van der Waals surface area contributed by atoms with Gasteiger partial charge in [-0.05, 0) is 83.8 Å².